The van der Waals surface area contributed by atoms with E-state index < -0.39 is 0 Å². The zero-order valence-corrected chi connectivity index (χ0v) is 18.2. The van der Waals surface area contributed by atoms with E-state index in [4.69, 9.17) is 0 Å². The van der Waals surface area contributed by atoms with Crippen molar-refractivity contribution in [1.29, 1.82) is 0 Å². The van der Waals surface area contributed by atoms with Gasteiger partial charge in [-0.15, -0.1) is 0 Å². The summed E-state index contributed by atoms with van der Waals surface area (Å²) in [6.07, 6.45) is 1.64. The second-order valence-corrected chi connectivity index (χ2v) is 8.37. The molecule has 1 unspecified atom stereocenters. The van der Waals surface area contributed by atoms with Crippen LogP contribution in [0.2, 0.25) is 0 Å². The molecular weight excluding hydrogens is 397 g/mol. The average molecular weight is 426 g/mol. The molecule has 2 aromatic heterocycles. The van der Waals surface area contributed by atoms with Gasteiger partial charge in [0, 0.05) is 49.7 Å². The van der Waals surface area contributed by atoms with Crippen LogP contribution >= 0.6 is 0 Å². The molecule has 1 fully saturated rings. The second-order valence-electron chi connectivity index (χ2n) is 8.37. The molecule has 3 heterocycles. The van der Waals surface area contributed by atoms with Gasteiger partial charge in [-0.2, -0.15) is 5.10 Å². The summed E-state index contributed by atoms with van der Waals surface area (Å²) >= 11 is 0. The molecule has 8 heteroatoms. The highest BCUT2D eigenvalue weighted by Gasteiger charge is 2.23. The molecule has 1 aliphatic heterocycles. The summed E-state index contributed by atoms with van der Waals surface area (Å²) in [6, 6.07) is 6.52. The van der Waals surface area contributed by atoms with Gasteiger partial charge in [0.1, 0.15) is 11.5 Å². The molecule has 0 saturated carbocycles. The summed E-state index contributed by atoms with van der Waals surface area (Å²) in [5.74, 6) is 0.0641. The highest BCUT2D eigenvalue weighted by atomic mass is 19.1. The molecule has 4 rings (SSSR count). The second kappa shape index (κ2) is 8.53. The number of halogens is 1. The van der Waals surface area contributed by atoms with Crippen molar-refractivity contribution in [3.63, 3.8) is 0 Å². The molecule has 1 saturated heterocycles. The summed E-state index contributed by atoms with van der Waals surface area (Å²) < 4.78 is 14.8. The predicted octanol–water partition coefficient (Wildman–Crippen LogP) is 2.59. The van der Waals surface area contributed by atoms with Crippen LogP contribution in [0.5, 0.6) is 0 Å². The first-order valence-corrected chi connectivity index (χ1v) is 10.7. The predicted molar refractivity (Wildman–Crippen MR) is 119 cm³/mol. The van der Waals surface area contributed by atoms with Crippen molar-refractivity contribution >= 4 is 22.6 Å². The molecule has 7 nitrogen and oxygen atoms in total. The summed E-state index contributed by atoms with van der Waals surface area (Å²) in [5.41, 5.74) is 3.95. The standard InChI is InChI=1S/C23H28FN5O2/c1-14-19(23(31)26-22-21(14)15(2)27-28(22)3)8-9-20(30)25-12-16-10-11-29(13-16)18-6-4-17(24)5-7-18/h4-7,16H,8-13H2,1-3H3,(H,25,30)(H,26,31). The van der Waals surface area contributed by atoms with Crippen LogP contribution in [-0.2, 0) is 18.3 Å². The lowest BCUT2D eigenvalue weighted by Crippen LogP contribution is -2.31. The summed E-state index contributed by atoms with van der Waals surface area (Å²) in [4.78, 5) is 30.1. The van der Waals surface area contributed by atoms with Crippen molar-refractivity contribution in [3.05, 3.63) is 57.3 Å². The van der Waals surface area contributed by atoms with E-state index in [9.17, 15) is 14.0 Å². The van der Waals surface area contributed by atoms with E-state index in [1.165, 1.54) is 12.1 Å². The molecule has 0 spiro atoms. The van der Waals surface area contributed by atoms with Gasteiger partial charge >= 0.3 is 0 Å². The summed E-state index contributed by atoms with van der Waals surface area (Å²) in [6.45, 7) is 6.17. The van der Waals surface area contributed by atoms with E-state index in [0.717, 1.165) is 41.8 Å². The van der Waals surface area contributed by atoms with Gasteiger partial charge in [-0.3, -0.25) is 14.3 Å². The minimum atomic E-state index is -0.237. The topological polar surface area (TPSA) is 83.0 Å². The first-order chi connectivity index (χ1) is 14.8. The van der Waals surface area contributed by atoms with E-state index in [1.54, 1.807) is 23.9 Å². The monoisotopic (exact) mass is 425 g/mol. The Labute approximate surface area is 180 Å². The van der Waals surface area contributed by atoms with E-state index in [1.807, 2.05) is 13.8 Å². The largest absolute Gasteiger partial charge is 0.371 e. The highest BCUT2D eigenvalue weighted by molar-refractivity contribution is 5.83. The van der Waals surface area contributed by atoms with Gasteiger partial charge < -0.3 is 15.2 Å². The van der Waals surface area contributed by atoms with Crippen LogP contribution in [0.3, 0.4) is 0 Å². The number of nitrogens with zero attached hydrogens (tertiary/aromatic N) is 3. The average Bonchev–Trinajstić information content (AvgIpc) is 3.31. The molecule has 0 radical (unpaired) electrons. The molecule has 1 aliphatic rings. The molecule has 1 amide bonds. The lowest BCUT2D eigenvalue weighted by atomic mass is 10.0. The summed E-state index contributed by atoms with van der Waals surface area (Å²) in [5, 5.41) is 8.34. The maximum absolute atomic E-state index is 13.1. The Morgan fingerprint density at radius 1 is 1.29 bits per heavy atom. The molecule has 164 valence electrons. The van der Waals surface area contributed by atoms with Crippen molar-refractivity contribution in [2.24, 2.45) is 13.0 Å². The van der Waals surface area contributed by atoms with Crippen LogP contribution in [0.1, 0.15) is 29.7 Å². The fourth-order valence-corrected chi connectivity index (χ4v) is 4.53. The van der Waals surface area contributed by atoms with Crippen LogP contribution in [0.15, 0.2) is 29.1 Å². The van der Waals surface area contributed by atoms with Crippen molar-refractivity contribution in [2.75, 3.05) is 24.5 Å². The minimum Gasteiger partial charge on any atom is -0.371 e. The van der Waals surface area contributed by atoms with E-state index in [-0.39, 0.29) is 23.7 Å². The van der Waals surface area contributed by atoms with Gasteiger partial charge in [0.2, 0.25) is 5.91 Å². The lowest BCUT2D eigenvalue weighted by molar-refractivity contribution is -0.121. The van der Waals surface area contributed by atoms with Gasteiger partial charge in [0.25, 0.3) is 5.56 Å². The molecule has 0 bridgehead atoms. The van der Waals surface area contributed by atoms with E-state index in [2.05, 4.69) is 20.3 Å². The quantitative estimate of drug-likeness (QED) is 0.636. The van der Waals surface area contributed by atoms with Crippen LogP contribution in [0, 0.1) is 25.6 Å². The van der Waals surface area contributed by atoms with Gasteiger partial charge in [-0.1, -0.05) is 0 Å². The number of hydrogen-bond acceptors (Lipinski definition) is 4. The third-order valence-electron chi connectivity index (χ3n) is 6.22. The number of benzene rings is 1. The number of anilines is 1. The Morgan fingerprint density at radius 3 is 2.77 bits per heavy atom. The maximum Gasteiger partial charge on any atom is 0.253 e. The molecular formula is C23H28FN5O2. The Bertz CT molecular complexity index is 1170. The van der Waals surface area contributed by atoms with E-state index in [0.29, 0.717) is 30.1 Å². The van der Waals surface area contributed by atoms with Crippen LogP contribution in [0.25, 0.3) is 11.0 Å². The van der Waals surface area contributed by atoms with Crippen molar-refractivity contribution in [3.8, 4) is 0 Å². The lowest BCUT2D eigenvalue weighted by Gasteiger charge is -2.18. The molecule has 1 atom stereocenters. The number of nitrogens with one attached hydrogen (secondary N) is 2. The van der Waals surface area contributed by atoms with Crippen molar-refractivity contribution in [2.45, 2.75) is 33.1 Å². The number of aromatic amines is 1. The number of hydrogen-bond donors (Lipinski definition) is 2. The number of amides is 1. The smallest absolute Gasteiger partial charge is 0.253 e. The Kier molecular flexibility index (Phi) is 5.80. The minimum absolute atomic E-state index is 0.0537. The van der Waals surface area contributed by atoms with Gasteiger partial charge in [0.05, 0.1) is 5.69 Å². The zero-order chi connectivity index (χ0) is 22.1. The first kappa shape index (κ1) is 21.1. The number of aryl methyl sites for hydroxylation is 3. The number of carbonyl (C=O) groups is 1. The van der Waals surface area contributed by atoms with E-state index >= 15 is 0 Å². The Hall–Kier alpha value is -3.16. The molecule has 3 aromatic rings. The number of carbonyl (C=O) groups excluding carboxylic acids is 1. The number of pyridine rings is 1. The van der Waals surface area contributed by atoms with Gasteiger partial charge in [-0.05, 0) is 62.4 Å². The molecule has 0 aliphatic carbocycles. The normalized spacial score (nSPS) is 16.3. The van der Waals surface area contributed by atoms with Crippen molar-refractivity contribution in [1.82, 2.24) is 20.1 Å². The Morgan fingerprint density at radius 2 is 2.03 bits per heavy atom. The van der Waals surface area contributed by atoms with Crippen LogP contribution in [0.4, 0.5) is 10.1 Å². The number of H-pyrrole nitrogens is 1. The van der Waals surface area contributed by atoms with Gasteiger partial charge in [-0.25, -0.2) is 4.39 Å². The molecule has 1 aromatic carbocycles. The maximum atomic E-state index is 13.1. The van der Waals surface area contributed by atoms with Crippen LogP contribution < -0.4 is 15.8 Å². The SMILES string of the molecule is Cc1nn(C)c2[nH]c(=O)c(CCC(=O)NCC3CCN(c4ccc(F)cc4)C3)c(C)c12. The third-order valence-corrected chi connectivity index (χ3v) is 6.22. The Balaban J connectivity index is 1.32. The van der Waals surface area contributed by atoms with Gasteiger partial charge in [0.15, 0.2) is 0 Å². The third kappa shape index (κ3) is 4.33. The number of rotatable bonds is 6. The zero-order valence-electron chi connectivity index (χ0n) is 18.2. The molecule has 2 N–H and O–H groups in total. The fourth-order valence-electron chi connectivity index (χ4n) is 4.53. The molecule has 31 heavy (non-hydrogen) atoms. The van der Waals surface area contributed by atoms with Crippen LogP contribution in [-0.4, -0.2) is 40.3 Å². The summed E-state index contributed by atoms with van der Waals surface area (Å²) in [7, 11) is 1.80. The number of fused-ring (bicyclic) bond motifs is 1. The fraction of sp³-hybridized carbons (Fsp3) is 0.435. The first-order valence-electron chi connectivity index (χ1n) is 10.7. The van der Waals surface area contributed by atoms with Crippen molar-refractivity contribution < 1.29 is 9.18 Å². The highest BCUT2D eigenvalue weighted by Crippen LogP contribution is 2.24. The number of aromatic nitrogens is 3.